The first-order chi connectivity index (χ1) is 6.65. The summed E-state index contributed by atoms with van der Waals surface area (Å²) in [5.74, 6) is 0.338. The van der Waals surface area contributed by atoms with E-state index in [1.54, 1.807) is 0 Å². The van der Waals surface area contributed by atoms with Gasteiger partial charge < -0.3 is 9.80 Å². The van der Waals surface area contributed by atoms with Gasteiger partial charge in [-0.25, -0.2) is 0 Å². The average Bonchev–Trinajstić information content (AvgIpc) is 2.18. The summed E-state index contributed by atoms with van der Waals surface area (Å²) in [5.41, 5.74) is 0. The highest BCUT2D eigenvalue weighted by Crippen LogP contribution is 2.15. The lowest BCUT2D eigenvalue weighted by Crippen LogP contribution is -2.44. The Morgan fingerprint density at radius 2 is 1.93 bits per heavy atom. The predicted octanol–water partition coefficient (Wildman–Crippen LogP) is 1.34. The van der Waals surface area contributed by atoms with Crippen molar-refractivity contribution in [3.05, 3.63) is 0 Å². The highest BCUT2D eigenvalue weighted by molar-refractivity contribution is 5.76. The van der Waals surface area contributed by atoms with E-state index in [1.807, 2.05) is 4.90 Å². The van der Waals surface area contributed by atoms with Crippen molar-refractivity contribution >= 4 is 5.91 Å². The van der Waals surface area contributed by atoms with Gasteiger partial charge in [-0.3, -0.25) is 4.79 Å². The van der Waals surface area contributed by atoms with Crippen molar-refractivity contribution in [3.63, 3.8) is 0 Å². The molecule has 3 nitrogen and oxygen atoms in total. The van der Waals surface area contributed by atoms with Gasteiger partial charge in [0, 0.05) is 25.6 Å². The minimum atomic E-state index is 0.338. The van der Waals surface area contributed by atoms with Crippen molar-refractivity contribution in [1.29, 1.82) is 0 Å². The lowest BCUT2D eigenvalue weighted by molar-refractivity contribution is -0.132. The number of nitrogens with zero attached hydrogens (tertiary/aromatic N) is 2. The summed E-state index contributed by atoms with van der Waals surface area (Å²) in [6.45, 7) is 3.95. The van der Waals surface area contributed by atoms with Crippen molar-refractivity contribution in [2.24, 2.45) is 0 Å². The molecule has 1 heterocycles. The van der Waals surface area contributed by atoms with Crippen molar-refractivity contribution in [2.45, 2.75) is 38.6 Å². The van der Waals surface area contributed by atoms with Crippen molar-refractivity contribution < 1.29 is 4.79 Å². The molecule has 0 bridgehead atoms. The minimum Gasteiger partial charge on any atom is -0.343 e. The molecule has 0 radical (unpaired) electrons. The van der Waals surface area contributed by atoms with Crippen LogP contribution in [0.1, 0.15) is 32.6 Å². The van der Waals surface area contributed by atoms with E-state index in [-0.39, 0.29) is 0 Å². The summed E-state index contributed by atoms with van der Waals surface area (Å²) in [6, 6.07) is 0.667. The average molecular weight is 198 g/mol. The van der Waals surface area contributed by atoms with Crippen LogP contribution in [0.15, 0.2) is 0 Å². The van der Waals surface area contributed by atoms with E-state index in [0.717, 1.165) is 32.4 Å². The van der Waals surface area contributed by atoms with Gasteiger partial charge in [-0.1, -0.05) is 6.92 Å². The second kappa shape index (κ2) is 5.35. The maximum absolute atomic E-state index is 11.6. The molecule has 0 saturated carbocycles. The van der Waals surface area contributed by atoms with Gasteiger partial charge in [-0.15, -0.1) is 0 Å². The molecule has 0 aromatic heterocycles. The minimum absolute atomic E-state index is 0.338. The lowest BCUT2D eigenvalue weighted by atomic mass is 10.0. The Labute approximate surface area is 87.1 Å². The zero-order valence-corrected chi connectivity index (χ0v) is 9.62. The Balaban J connectivity index is 2.31. The largest absolute Gasteiger partial charge is 0.343 e. The van der Waals surface area contributed by atoms with Gasteiger partial charge in [-0.05, 0) is 33.4 Å². The van der Waals surface area contributed by atoms with E-state index in [1.165, 1.54) is 0 Å². The highest BCUT2D eigenvalue weighted by Gasteiger charge is 2.22. The molecule has 3 heteroatoms. The molecule has 1 saturated heterocycles. The zero-order chi connectivity index (χ0) is 10.6. The summed E-state index contributed by atoms with van der Waals surface area (Å²) in [4.78, 5) is 15.9. The van der Waals surface area contributed by atoms with Crippen molar-refractivity contribution in [1.82, 2.24) is 9.80 Å². The predicted molar refractivity (Wildman–Crippen MR) is 58.2 cm³/mol. The molecule has 0 aliphatic carbocycles. The maximum Gasteiger partial charge on any atom is 0.222 e. The maximum atomic E-state index is 11.6. The number of carbonyl (C=O) groups is 1. The summed E-state index contributed by atoms with van der Waals surface area (Å²) in [5, 5.41) is 0. The molecule has 0 spiro atoms. The van der Waals surface area contributed by atoms with Gasteiger partial charge >= 0.3 is 0 Å². The van der Waals surface area contributed by atoms with Gasteiger partial charge in [0.25, 0.3) is 0 Å². The van der Waals surface area contributed by atoms with E-state index < -0.39 is 0 Å². The molecule has 0 N–H and O–H groups in total. The van der Waals surface area contributed by atoms with Crippen LogP contribution in [0, 0.1) is 0 Å². The third-order valence-corrected chi connectivity index (χ3v) is 3.01. The van der Waals surface area contributed by atoms with Gasteiger partial charge in [0.05, 0.1) is 0 Å². The molecule has 0 aromatic carbocycles. The molecule has 14 heavy (non-hydrogen) atoms. The van der Waals surface area contributed by atoms with Crippen LogP contribution in [0.5, 0.6) is 0 Å². The fourth-order valence-electron chi connectivity index (χ4n) is 2.00. The van der Waals surface area contributed by atoms with E-state index in [0.29, 0.717) is 18.4 Å². The Hall–Kier alpha value is -0.570. The molecule has 1 aliphatic rings. The molecule has 1 aliphatic heterocycles. The van der Waals surface area contributed by atoms with Crippen molar-refractivity contribution in [2.75, 3.05) is 27.2 Å². The first kappa shape index (κ1) is 11.5. The van der Waals surface area contributed by atoms with Gasteiger partial charge in [0.2, 0.25) is 5.91 Å². The third-order valence-electron chi connectivity index (χ3n) is 3.01. The molecule has 1 fully saturated rings. The smallest absolute Gasteiger partial charge is 0.222 e. The van der Waals surface area contributed by atoms with Crippen LogP contribution in [0.25, 0.3) is 0 Å². The quantitative estimate of drug-likeness (QED) is 0.683. The number of piperidine rings is 1. The summed E-state index contributed by atoms with van der Waals surface area (Å²) in [7, 11) is 4.24. The van der Waals surface area contributed by atoms with Crippen LogP contribution in [0.2, 0.25) is 0 Å². The highest BCUT2D eigenvalue weighted by atomic mass is 16.2. The van der Waals surface area contributed by atoms with Crippen LogP contribution >= 0.6 is 0 Å². The standard InChI is InChI=1S/C11H22N2O/c1-4-5-11(14)13-8-6-10(7-9-13)12(2)3/h10H,4-9H2,1-3H3. The lowest BCUT2D eigenvalue weighted by Gasteiger charge is -2.35. The molecule has 1 amide bonds. The number of hydrogen-bond donors (Lipinski definition) is 0. The fraction of sp³-hybridized carbons (Fsp3) is 0.909. The molecule has 82 valence electrons. The van der Waals surface area contributed by atoms with Crippen LogP contribution in [0.3, 0.4) is 0 Å². The van der Waals surface area contributed by atoms with Crippen molar-refractivity contribution in [3.8, 4) is 0 Å². The van der Waals surface area contributed by atoms with Crippen LogP contribution in [-0.4, -0.2) is 48.9 Å². The zero-order valence-electron chi connectivity index (χ0n) is 9.62. The molecular weight excluding hydrogens is 176 g/mol. The topological polar surface area (TPSA) is 23.6 Å². The number of carbonyl (C=O) groups excluding carboxylic acids is 1. The van der Waals surface area contributed by atoms with Crippen LogP contribution < -0.4 is 0 Å². The Morgan fingerprint density at radius 3 is 2.36 bits per heavy atom. The van der Waals surface area contributed by atoms with Gasteiger partial charge in [-0.2, -0.15) is 0 Å². The van der Waals surface area contributed by atoms with E-state index in [4.69, 9.17) is 0 Å². The van der Waals surface area contributed by atoms with E-state index >= 15 is 0 Å². The fourth-order valence-corrected chi connectivity index (χ4v) is 2.00. The van der Waals surface area contributed by atoms with E-state index in [9.17, 15) is 4.79 Å². The number of rotatable bonds is 3. The molecule has 1 rings (SSSR count). The number of amides is 1. The Bertz CT molecular complexity index is 184. The number of hydrogen-bond acceptors (Lipinski definition) is 2. The molecule has 0 unspecified atom stereocenters. The normalized spacial score (nSPS) is 19.0. The van der Waals surface area contributed by atoms with Gasteiger partial charge in [0.1, 0.15) is 0 Å². The molecule has 0 aromatic rings. The van der Waals surface area contributed by atoms with Crippen LogP contribution in [0.4, 0.5) is 0 Å². The number of likely N-dealkylation sites (tertiary alicyclic amines) is 1. The first-order valence-corrected chi connectivity index (χ1v) is 5.59. The monoisotopic (exact) mass is 198 g/mol. The molecule has 0 atom stereocenters. The second-order valence-electron chi connectivity index (χ2n) is 4.33. The van der Waals surface area contributed by atoms with Gasteiger partial charge in [0.15, 0.2) is 0 Å². The second-order valence-corrected chi connectivity index (χ2v) is 4.33. The van der Waals surface area contributed by atoms with Crippen LogP contribution in [-0.2, 0) is 4.79 Å². The summed E-state index contributed by atoms with van der Waals surface area (Å²) < 4.78 is 0. The Kier molecular flexibility index (Phi) is 4.39. The third kappa shape index (κ3) is 2.98. The Morgan fingerprint density at radius 1 is 1.36 bits per heavy atom. The molecular formula is C11H22N2O. The summed E-state index contributed by atoms with van der Waals surface area (Å²) in [6.07, 6.45) is 3.93. The van der Waals surface area contributed by atoms with E-state index in [2.05, 4.69) is 25.9 Å². The first-order valence-electron chi connectivity index (χ1n) is 5.59. The SMILES string of the molecule is CCCC(=O)N1CCC(N(C)C)CC1. The summed E-state index contributed by atoms with van der Waals surface area (Å²) >= 11 is 0.